The van der Waals surface area contributed by atoms with Crippen molar-refractivity contribution in [2.75, 3.05) is 11.4 Å². The average Bonchev–Trinajstić information content (AvgIpc) is 3.09. The van der Waals surface area contributed by atoms with Gasteiger partial charge in [0, 0.05) is 12.1 Å². The van der Waals surface area contributed by atoms with Crippen molar-refractivity contribution in [1.29, 1.82) is 0 Å². The topological polar surface area (TPSA) is 81.8 Å². The van der Waals surface area contributed by atoms with Gasteiger partial charge in [0.25, 0.3) is 11.8 Å². The zero-order valence-electron chi connectivity index (χ0n) is 18.7. The van der Waals surface area contributed by atoms with E-state index < -0.39 is 23.7 Å². The number of rotatable bonds is 8. The summed E-state index contributed by atoms with van der Waals surface area (Å²) in [5.74, 6) is -1.79. The predicted octanol–water partition coefficient (Wildman–Crippen LogP) is 3.22. The molecule has 0 saturated carbocycles. The number of thiocarbonyl (C=S) groups is 1. The van der Waals surface area contributed by atoms with Crippen molar-refractivity contribution >= 4 is 40.7 Å². The standard InChI is InChI=1S/C26H23FN4O3S/c27-20-11-13-21(14-12-20)30-25(34)22(17-23(32)28-16-15-18-7-3-1-4-8-18)31(26(30)35)29-24(33)19-9-5-2-6-10-19/h1-14,22H,15-17H2,(H,28,32)(H,29,33). The maximum atomic E-state index is 13.4. The summed E-state index contributed by atoms with van der Waals surface area (Å²) in [6.07, 6.45) is 0.417. The number of benzene rings is 3. The second-order valence-electron chi connectivity index (χ2n) is 7.92. The van der Waals surface area contributed by atoms with Crippen molar-refractivity contribution < 1.29 is 18.8 Å². The van der Waals surface area contributed by atoms with Gasteiger partial charge in [-0.25, -0.2) is 9.40 Å². The van der Waals surface area contributed by atoms with Crippen LogP contribution in [0.15, 0.2) is 84.9 Å². The molecule has 3 aromatic rings. The molecule has 0 aromatic heterocycles. The summed E-state index contributed by atoms with van der Waals surface area (Å²) in [5.41, 5.74) is 4.44. The van der Waals surface area contributed by atoms with Crippen LogP contribution in [0, 0.1) is 5.82 Å². The molecule has 1 atom stereocenters. The molecule has 1 saturated heterocycles. The van der Waals surface area contributed by atoms with Gasteiger partial charge in [-0.15, -0.1) is 0 Å². The summed E-state index contributed by atoms with van der Waals surface area (Å²) >= 11 is 5.49. The summed E-state index contributed by atoms with van der Waals surface area (Å²) in [5, 5.41) is 4.04. The Kier molecular flexibility index (Phi) is 7.47. The first-order chi connectivity index (χ1) is 16.9. The molecule has 3 aromatic carbocycles. The van der Waals surface area contributed by atoms with Gasteiger partial charge in [-0.3, -0.25) is 24.7 Å². The van der Waals surface area contributed by atoms with E-state index >= 15 is 0 Å². The Labute approximate surface area is 207 Å². The fourth-order valence-electron chi connectivity index (χ4n) is 3.73. The third-order valence-corrected chi connectivity index (χ3v) is 5.89. The highest BCUT2D eigenvalue weighted by atomic mass is 32.1. The highest BCUT2D eigenvalue weighted by molar-refractivity contribution is 7.80. The molecule has 9 heteroatoms. The van der Waals surface area contributed by atoms with Gasteiger partial charge < -0.3 is 5.32 Å². The van der Waals surface area contributed by atoms with Crippen molar-refractivity contribution in [2.45, 2.75) is 18.9 Å². The lowest BCUT2D eigenvalue weighted by Gasteiger charge is -2.24. The maximum absolute atomic E-state index is 13.4. The summed E-state index contributed by atoms with van der Waals surface area (Å²) in [6.45, 7) is 0.395. The van der Waals surface area contributed by atoms with Crippen LogP contribution in [0.3, 0.4) is 0 Å². The lowest BCUT2D eigenvalue weighted by Crippen LogP contribution is -2.50. The minimum Gasteiger partial charge on any atom is -0.356 e. The Balaban J connectivity index is 1.50. The van der Waals surface area contributed by atoms with Gasteiger partial charge in [0.1, 0.15) is 11.9 Å². The van der Waals surface area contributed by atoms with Crippen LogP contribution in [-0.2, 0) is 16.0 Å². The van der Waals surface area contributed by atoms with Gasteiger partial charge in [0.15, 0.2) is 0 Å². The number of nitrogens with one attached hydrogen (secondary N) is 2. The van der Waals surface area contributed by atoms with Crippen LogP contribution < -0.4 is 15.6 Å². The number of hydrogen-bond acceptors (Lipinski definition) is 4. The van der Waals surface area contributed by atoms with Gasteiger partial charge in [-0.2, -0.15) is 0 Å². The van der Waals surface area contributed by atoms with E-state index in [0.717, 1.165) is 5.56 Å². The van der Waals surface area contributed by atoms with Crippen LogP contribution in [0.4, 0.5) is 10.1 Å². The molecule has 3 amide bonds. The van der Waals surface area contributed by atoms with Gasteiger partial charge >= 0.3 is 0 Å². The number of amides is 3. The molecule has 1 heterocycles. The van der Waals surface area contributed by atoms with Gasteiger partial charge in [-0.1, -0.05) is 48.5 Å². The third kappa shape index (κ3) is 5.70. The molecule has 1 aliphatic rings. The molecule has 178 valence electrons. The molecule has 1 fully saturated rings. The zero-order chi connectivity index (χ0) is 24.8. The lowest BCUT2D eigenvalue weighted by molar-refractivity contribution is -0.127. The molecule has 1 aliphatic heterocycles. The normalized spacial score (nSPS) is 15.3. The molecule has 0 spiro atoms. The lowest BCUT2D eigenvalue weighted by atomic mass is 10.1. The van der Waals surface area contributed by atoms with Crippen LogP contribution in [0.2, 0.25) is 0 Å². The Morgan fingerprint density at radius 2 is 1.54 bits per heavy atom. The summed E-state index contributed by atoms with van der Waals surface area (Å²) in [6, 6.07) is 22.3. The van der Waals surface area contributed by atoms with Crippen LogP contribution in [0.25, 0.3) is 0 Å². The number of halogens is 1. The molecular weight excluding hydrogens is 467 g/mol. The Morgan fingerprint density at radius 3 is 2.20 bits per heavy atom. The van der Waals surface area contributed by atoms with E-state index in [1.807, 2.05) is 30.3 Å². The minimum absolute atomic E-state index is 0.00650. The first-order valence-corrected chi connectivity index (χ1v) is 11.4. The monoisotopic (exact) mass is 490 g/mol. The van der Waals surface area contributed by atoms with Gasteiger partial charge in [-0.05, 0) is 60.6 Å². The molecule has 4 rings (SSSR count). The third-order valence-electron chi connectivity index (χ3n) is 5.51. The van der Waals surface area contributed by atoms with Crippen LogP contribution >= 0.6 is 12.2 Å². The maximum Gasteiger partial charge on any atom is 0.269 e. The first kappa shape index (κ1) is 24.0. The largest absolute Gasteiger partial charge is 0.356 e. The second-order valence-corrected chi connectivity index (χ2v) is 8.28. The van der Waals surface area contributed by atoms with E-state index in [1.165, 1.54) is 34.2 Å². The van der Waals surface area contributed by atoms with Crippen LogP contribution in [0.1, 0.15) is 22.3 Å². The van der Waals surface area contributed by atoms with E-state index in [4.69, 9.17) is 12.2 Å². The number of nitrogens with zero attached hydrogens (tertiary/aromatic N) is 2. The van der Waals surface area contributed by atoms with E-state index in [0.29, 0.717) is 24.2 Å². The number of anilines is 1. The van der Waals surface area contributed by atoms with Gasteiger partial charge in [0.05, 0.1) is 12.1 Å². The quantitative estimate of drug-likeness (QED) is 0.474. The zero-order valence-corrected chi connectivity index (χ0v) is 19.5. The van der Waals surface area contributed by atoms with Crippen LogP contribution in [0.5, 0.6) is 0 Å². The van der Waals surface area contributed by atoms with E-state index in [-0.39, 0.29) is 17.4 Å². The molecule has 2 N–H and O–H groups in total. The van der Waals surface area contributed by atoms with Crippen molar-refractivity contribution in [3.05, 3.63) is 102 Å². The highest BCUT2D eigenvalue weighted by Crippen LogP contribution is 2.26. The summed E-state index contributed by atoms with van der Waals surface area (Å²) < 4.78 is 13.4. The molecule has 0 radical (unpaired) electrons. The summed E-state index contributed by atoms with van der Waals surface area (Å²) in [4.78, 5) is 40.1. The van der Waals surface area contributed by atoms with Crippen molar-refractivity contribution in [1.82, 2.24) is 15.8 Å². The van der Waals surface area contributed by atoms with E-state index in [9.17, 15) is 18.8 Å². The van der Waals surface area contributed by atoms with Gasteiger partial charge in [0.2, 0.25) is 11.0 Å². The average molecular weight is 491 g/mol. The predicted molar refractivity (Wildman–Crippen MR) is 134 cm³/mol. The Morgan fingerprint density at radius 1 is 0.914 bits per heavy atom. The van der Waals surface area contributed by atoms with Crippen molar-refractivity contribution in [3.8, 4) is 0 Å². The van der Waals surface area contributed by atoms with E-state index in [2.05, 4.69) is 10.7 Å². The smallest absolute Gasteiger partial charge is 0.269 e. The number of hydrazine groups is 1. The number of carbonyl (C=O) groups is 3. The van der Waals surface area contributed by atoms with E-state index in [1.54, 1.807) is 30.3 Å². The molecule has 0 bridgehead atoms. The number of hydrogen-bond donors (Lipinski definition) is 2. The fraction of sp³-hybridized carbons (Fsp3) is 0.154. The minimum atomic E-state index is -1.06. The second kappa shape index (κ2) is 10.9. The van der Waals surface area contributed by atoms with Crippen LogP contribution in [-0.4, -0.2) is 40.4 Å². The first-order valence-electron chi connectivity index (χ1n) is 11.0. The Bertz CT molecular complexity index is 1220. The summed E-state index contributed by atoms with van der Waals surface area (Å²) in [7, 11) is 0. The van der Waals surface area contributed by atoms with Crippen molar-refractivity contribution in [3.63, 3.8) is 0 Å². The molecule has 7 nitrogen and oxygen atoms in total. The SMILES string of the molecule is O=C(CC1C(=O)N(c2ccc(F)cc2)C(=S)N1NC(=O)c1ccccc1)NCCc1ccccc1. The molecule has 35 heavy (non-hydrogen) atoms. The van der Waals surface area contributed by atoms with Crippen molar-refractivity contribution in [2.24, 2.45) is 0 Å². The highest BCUT2D eigenvalue weighted by Gasteiger charge is 2.45. The number of carbonyl (C=O) groups excluding carboxylic acids is 3. The molecular formula is C26H23FN4O3S. The molecule has 0 aliphatic carbocycles. The Hall–Kier alpha value is -4.11. The fourth-order valence-corrected chi connectivity index (χ4v) is 4.10. The molecule has 1 unspecified atom stereocenters.